The highest BCUT2D eigenvalue weighted by atomic mass is 35.5. The van der Waals surface area contributed by atoms with Crippen molar-refractivity contribution in [2.75, 3.05) is 13.1 Å². The van der Waals surface area contributed by atoms with Crippen molar-refractivity contribution in [2.24, 2.45) is 5.73 Å². The van der Waals surface area contributed by atoms with Gasteiger partial charge in [0, 0.05) is 13.1 Å². The van der Waals surface area contributed by atoms with Crippen molar-refractivity contribution >= 4 is 39.5 Å². The predicted octanol–water partition coefficient (Wildman–Crippen LogP) is 1.25. The number of hydrogen-bond acceptors (Lipinski definition) is 6. The van der Waals surface area contributed by atoms with E-state index in [9.17, 15) is 22.8 Å². The SMILES string of the molecule is C[C@@H](OC(=O)c1ccc(Cl)c(S(=O)(=O)N2CCCCC2)c1)C(=O)NC(N)=O. The summed E-state index contributed by atoms with van der Waals surface area (Å²) in [6.45, 7) is 2.02. The monoisotopic (exact) mass is 417 g/mol. The number of benzene rings is 1. The van der Waals surface area contributed by atoms with Gasteiger partial charge in [-0.15, -0.1) is 0 Å². The first-order valence-corrected chi connectivity index (χ1v) is 10.1. The molecule has 3 amide bonds. The van der Waals surface area contributed by atoms with Gasteiger partial charge in [-0.1, -0.05) is 18.0 Å². The minimum Gasteiger partial charge on any atom is -0.449 e. The zero-order valence-corrected chi connectivity index (χ0v) is 16.2. The Balaban J connectivity index is 2.22. The number of imide groups is 1. The normalized spacial score (nSPS) is 16.4. The lowest BCUT2D eigenvalue weighted by Crippen LogP contribution is -2.42. The molecule has 1 aliphatic rings. The van der Waals surface area contributed by atoms with Gasteiger partial charge in [0.1, 0.15) is 4.90 Å². The van der Waals surface area contributed by atoms with Crippen molar-refractivity contribution in [2.45, 2.75) is 37.2 Å². The molecule has 1 aliphatic heterocycles. The van der Waals surface area contributed by atoms with Crippen LogP contribution in [0.25, 0.3) is 0 Å². The van der Waals surface area contributed by atoms with Crippen LogP contribution in [0.2, 0.25) is 5.02 Å². The number of hydrogen-bond donors (Lipinski definition) is 2. The van der Waals surface area contributed by atoms with Crippen molar-refractivity contribution < 1.29 is 27.5 Å². The minimum atomic E-state index is -3.86. The number of amides is 3. The maximum Gasteiger partial charge on any atom is 0.338 e. The molecule has 1 heterocycles. The lowest BCUT2D eigenvalue weighted by atomic mass is 10.2. The summed E-state index contributed by atoms with van der Waals surface area (Å²) in [6.07, 6.45) is 1.16. The van der Waals surface area contributed by atoms with Crippen molar-refractivity contribution in [3.63, 3.8) is 0 Å². The van der Waals surface area contributed by atoms with Gasteiger partial charge in [0.05, 0.1) is 10.6 Å². The third-order valence-electron chi connectivity index (χ3n) is 4.00. The van der Waals surface area contributed by atoms with Crippen molar-refractivity contribution in [3.8, 4) is 0 Å². The third-order valence-corrected chi connectivity index (χ3v) is 6.38. The topological polar surface area (TPSA) is 136 Å². The Hall–Kier alpha value is -2.17. The van der Waals surface area contributed by atoms with E-state index in [1.165, 1.54) is 23.4 Å². The number of sulfonamides is 1. The Kier molecular flexibility index (Phi) is 6.79. The van der Waals surface area contributed by atoms with E-state index in [4.69, 9.17) is 22.1 Å². The molecular weight excluding hydrogens is 398 g/mol. The molecule has 3 N–H and O–H groups in total. The molecule has 1 fully saturated rings. The summed E-state index contributed by atoms with van der Waals surface area (Å²) < 4.78 is 31.9. The Morgan fingerprint density at radius 1 is 1.22 bits per heavy atom. The largest absolute Gasteiger partial charge is 0.449 e. The smallest absolute Gasteiger partial charge is 0.338 e. The van der Waals surface area contributed by atoms with Crippen molar-refractivity contribution in [3.05, 3.63) is 28.8 Å². The van der Waals surface area contributed by atoms with E-state index in [2.05, 4.69) is 0 Å². The first-order valence-electron chi connectivity index (χ1n) is 8.24. The van der Waals surface area contributed by atoms with E-state index in [0.29, 0.717) is 13.1 Å². The molecule has 0 saturated carbocycles. The molecule has 11 heteroatoms. The number of nitrogens with two attached hydrogens (primary N) is 1. The van der Waals surface area contributed by atoms with E-state index < -0.39 is 34.0 Å². The van der Waals surface area contributed by atoms with Crippen LogP contribution in [-0.4, -0.2) is 49.8 Å². The van der Waals surface area contributed by atoms with Crippen molar-refractivity contribution in [1.82, 2.24) is 9.62 Å². The van der Waals surface area contributed by atoms with Crippen LogP contribution in [0.3, 0.4) is 0 Å². The molecule has 0 unspecified atom stereocenters. The summed E-state index contributed by atoms with van der Waals surface area (Å²) in [4.78, 5) is 34.3. The number of urea groups is 1. The Bertz CT molecular complexity index is 852. The fraction of sp³-hybridized carbons (Fsp3) is 0.438. The van der Waals surface area contributed by atoms with E-state index in [-0.39, 0.29) is 15.5 Å². The van der Waals surface area contributed by atoms with Gasteiger partial charge in [-0.3, -0.25) is 10.1 Å². The average molecular weight is 418 g/mol. The van der Waals surface area contributed by atoms with Gasteiger partial charge in [-0.2, -0.15) is 4.31 Å². The van der Waals surface area contributed by atoms with Gasteiger partial charge in [0.2, 0.25) is 10.0 Å². The summed E-state index contributed by atoms with van der Waals surface area (Å²) in [7, 11) is -3.86. The third kappa shape index (κ3) is 5.18. The first-order chi connectivity index (χ1) is 12.6. The van der Waals surface area contributed by atoms with E-state index in [1.54, 1.807) is 5.32 Å². The van der Waals surface area contributed by atoms with Crippen LogP contribution in [0.1, 0.15) is 36.5 Å². The number of carbonyl (C=O) groups excluding carboxylic acids is 3. The molecule has 1 atom stereocenters. The molecular formula is C16H20ClN3O6S. The molecule has 9 nitrogen and oxygen atoms in total. The van der Waals surface area contributed by atoms with Gasteiger partial charge < -0.3 is 10.5 Å². The Morgan fingerprint density at radius 2 is 1.85 bits per heavy atom. The zero-order chi connectivity index (χ0) is 20.2. The molecule has 0 aromatic heterocycles. The standard InChI is InChI=1S/C16H20ClN3O6S/c1-10(14(21)19-16(18)23)26-15(22)11-5-6-12(17)13(9-11)27(24,25)20-7-3-2-4-8-20/h5-6,9-10H,2-4,7-8H2,1H3,(H3,18,19,21,23)/t10-/m1/s1. The minimum absolute atomic E-state index is 0.0170. The summed E-state index contributed by atoms with van der Waals surface area (Å²) >= 11 is 6.04. The van der Waals surface area contributed by atoms with Gasteiger partial charge in [-0.05, 0) is 38.0 Å². The lowest BCUT2D eigenvalue weighted by molar-refractivity contribution is -0.127. The van der Waals surface area contributed by atoms with E-state index in [0.717, 1.165) is 25.3 Å². The molecule has 0 aliphatic carbocycles. The quantitative estimate of drug-likeness (QED) is 0.692. The number of esters is 1. The number of primary amides is 1. The summed E-state index contributed by atoms with van der Waals surface area (Å²) in [5.41, 5.74) is 4.74. The number of piperidine rings is 1. The fourth-order valence-corrected chi connectivity index (χ4v) is 4.60. The van der Waals surface area contributed by atoms with Crippen LogP contribution in [-0.2, 0) is 19.6 Å². The molecule has 1 saturated heterocycles. The molecule has 0 bridgehead atoms. The number of nitrogens with zero attached hydrogens (tertiary/aromatic N) is 1. The van der Waals surface area contributed by atoms with Gasteiger partial charge in [0.15, 0.2) is 6.10 Å². The van der Waals surface area contributed by atoms with Crippen LogP contribution in [0.5, 0.6) is 0 Å². The molecule has 0 spiro atoms. The maximum atomic E-state index is 12.8. The van der Waals surface area contributed by atoms with E-state index >= 15 is 0 Å². The van der Waals surface area contributed by atoms with Gasteiger partial charge in [-0.25, -0.2) is 18.0 Å². The first kappa shape index (κ1) is 21.1. The summed E-state index contributed by atoms with van der Waals surface area (Å²) in [5.74, 6) is -1.83. The molecule has 2 rings (SSSR count). The van der Waals surface area contributed by atoms with Crippen LogP contribution in [0.15, 0.2) is 23.1 Å². The highest BCUT2D eigenvalue weighted by Crippen LogP contribution is 2.28. The second-order valence-corrected chi connectivity index (χ2v) is 8.32. The molecule has 1 aromatic carbocycles. The molecule has 27 heavy (non-hydrogen) atoms. The number of ether oxygens (including phenoxy) is 1. The highest BCUT2D eigenvalue weighted by Gasteiger charge is 2.29. The van der Waals surface area contributed by atoms with Crippen LogP contribution < -0.4 is 11.1 Å². The summed E-state index contributed by atoms with van der Waals surface area (Å²) in [6, 6.07) is 2.61. The van der Waals surface area contributed by atoms with Crippen LogP contribution in [0.4, 0.5) is 4.79 Å². The Morgan fingerprint density at radius 3 is 2.44 bits per heavy atom. The number of halogens is 1. The maximum absolute atomic E-state index is 12.8. The lowest BCUT2D eigenvalue weighted by Gasteiger charge is -2.26. The number of rotatable bonds is 5. The number of carbonyl (C=O) groups is 3. The second kappa shape index (κ2) is 8.68. The fourth-order valence-electron chi connectivity index (χ4n) is 2.58. The van der Waals surface area contributed by atoms with Crippen LogP contribution >= 0.6 is 11.6 Å². The second-order valence-electron chi connectivity index (χ2n) is 6.01. The van der Waals surface area contributed by atoms with E-state index in [1.807, 2.05) is 0 Å². The number of nitrogens with one attached hydrogen (secondary N) is 1. The van der Waals surface area contributed by atoms with Crippen molar-refractivity contribution in [1.29, 1.82) is 0 Å². The Labute approximate surface area is 161 Å². The van der Waals surface area contributed by atoms with Gasteiger partial charge >= 0.3 is 12.0 Å². The summed E-state index contributed by atoms with van der Waals surface area (Å²) in [5, 5.41) is 1.77. The van der Waals surface area contributed by atoms with Gasteiger partial charge in [0.25, 0.3) is 5.91 Å². The highest BCUT2D eigenvalue weighted by molar-refractivity contribution is 7.89. The predicted molar refractivity (Wildman–Crippen MR) is 96.7 cm³/mol. The average Bonchev–Trinajstić information content (AvgIpc) is 2.61. The molecule has 0 radical (unpaired) electrons. The molecule has 148 valence electrons. The molecule has 1 aromatic rings. The van der Waals surface area contributed by atoms with Crippen LogP contribution in [0, 0.1) is 0 Å². The zero-order valence-electron chi connectivity index (χ0n) is 14.6.